The second-order valence-electron chi connectivity index (χ2n) is 10.9. The molecular formula is C29H38N4O7S2. The van der Waals surface area contributed by atoms with Crippen molar-refractivity contribution in [3.63, 3.8) is 0 Å². The molecule has 3 N–H and O–H groups in total. The maximum atomic E-state index is 13.5. The molecule has 5 rings (SSSR count). The van der Waals surface area contributed by atoms with Crippen molar-refractivity contribution in [2.24, 2.45) is 7.05 Å². The van der Waals surface area contributed by atoms with E-state index in [1.165, 1.54) is 19.2 Å². The van der Waals surface area contributed by atoms with Gasteiger partial charge in [-0.15, -0.1) is 0 Å². The highest BCUT2D eigenvalue weighted by atomic mass is 32.2. The van der Waals surface area contributed by atoms with Crippen molar-refractivity contribution in [1.82, 2.24) is 18.9 Å². The van der Waals surface area contributed by atoms with E-state index >= 15 is 0 Å². The van der Waals surface area contributed by atoms with Crippen LogP contribution in [0.2, 0.25) is 0 Å². The summed E-state index contributed by atoms with van der Waals surface area (Å²) in [5.74, 6) is 0.349. The first-order valence-electron chi connectivity index (χ1n) is 13.9. The van der Waals surface area contributed by atoms with E-state index in [4.69, 9.17) is 9.47 Å². The lowest BCUT2D eigenvalue weighted by molar-refractivity contribution is -0.0312. The van der Waals surface area contributed by atoms with Gasteiger partial charge in [-0.3, -0.25) is 0 Å². The molecule has 2 saturated heterocycles. The van der Waals surface area contributed by atoms with Gasteiger partial charge in [0.2, 0.25) is 20.0 Å². The second-order valence-corrected chi connectivity index (χ2v) is 14.8. The Morgan fingerprint density at radius 1 is 1.05 bits per heavy atom. The smallest absolute Gasteiger partial charge is 0.243 e. The molecule has 42 heavy (non-hydrogen) atoms. The summed E-state index contributed by atoms with van der Waals surface area (Å²) >= 11 is 0. The zero-order valence-corrected chi connectivity index (χ0v) is 25.4. The van der Waals surface area contributed by atoms with E-state index < -0.39 is 31.8 Å². The average molecular weight is 619 g/mol. The molecule has 13 heteroatoms. The molecule has 0 bridgehead atoms. The molecule has 1 unspecified atom stereocenters. The van der Waals surface area contributed by atoms with Gasteiger partial charge in [-0.05, 0) is 67.8 Å². The van der Waals surface area contributed by atoms with Gasteiger partial charge >= 0.3 is 0 Å². The minimum Gasteiger partial charge on any atom is -0.491 e. The molecule has 1 aromatic heterocycles. The minimum absolute atomic E-state index is 0.00688. The minimum atomic E-state index is -3.64. The van der Waals surface area contributed by atoms with Crippen molar-refractivity contribution in [2.45, 2.75) is 46.8 Å². The number of nitrogens with zero attached hydrogens (tertiary/aromatic N) is 2. The molecule has 228 valence electrons. The Kier molecular flexibility index (Phi) is 9.09. The van der Waals surface area contributed by atoms with Gasteiger partial charge < -0.3 is 24.5 Å². The monoisotopic (exact) mass is 618 g/mol. The fraction of sp³-hybridized carbons (Fsp3) is 0.448. The number of ether oxygens (including phenoxy) is 2. The van der Waals surface area contributed by atoms with Crippen LogP contribution in [0.25, 0.3) is 11.1 Å². The van der Waals surface area contributed by atoms with E-state index in [2.05, 4.69) is 10.0 Å². The predicted octanol–water partition coefficient (Wildman–Crippen LogP) is 1.94. The molecule has 2 atom stereocenters. The van der Waals surface area contributed by atoms with E-state index in [1.54, 1.807) is 34.6 Å². The largest absolute Gasteiger partial charge is 0.491 e. The van der Waals surface area contributed by atoms with Crippen LogP contribution in [0.15, 0.2) is 76.8 Å². The van der Waals surface area contributed by atoms with Crippen LogP contribution in [-0.4, -0.2) is 88.5 Å². The summed E-state index contributed by atoms with van der Waals surface area (Å²) in [4.78, 5) is 0.376. The number of aromatic nitrogens is 1. The maximum Gasteiger partial charge on any atom is 0.243 e. The highest BCUT2D eigenvalue weighted by Gasteiger charge is 2.44. The third-order valence-corrected chi connectivity index (χ3v) is 11.3. The van der Waals surface area contributed by atoms with E-state index in [9.17, 15) is 21.9 Å². The topological polar surface area (TPSA) is 139 Å². The molecule has 3 heterocycles. The normalized spacial score (nSPS) is 20.1. The van der Waals surface area contributed by atoms with Crippen LogP contribution in [0.5, 0.6) is 5.75 Å². The molecule has 1 spiro atoms. The number of benzene rings is 2. The summed E-state index contributed by atoms with van der Waals surface area (Å²) in [7, 11) is -3.95. The Bertz CT molecular complexity index is 1600. The Hall–Kier alpha value is -2.78. The molecular weight excluding hydrogens is 580 g/mol. The van der Waals surface area contributed by atoms with Gasteiger partial charge in [0.25, 0.3) is 0 Å². The standard InChI is InChI=1S/C29H38N4O7S2/c1-30-41(35,36)27-7-4-6-26(16-27)39-21-25(34)18-31-24-17-29(40-20-24)10-13-33(14-11-29)42(37,38)28-8-3-5-22(15-28)23-9-12-32(2)19-23/h3-9,12,15-16,19,24-25,30-31,34H,10-11,13-14,17-18,20-21H2,1-2H3/t24?,25-/m0/s1. The highest BCUT2D eigenvalue weighted by Crippen LogP contribution is 2.37. The van der Waals surface area contributed by atoms with Gasteiger partial charge in [0, 0.05) is 51.2 Å². The quantitative estimate of drug-likeness (QED) is 0.297. The first-order valence-corrected chi connectivity index (χ1v) is 16.9. The summed E-state index contributed by atoms with van der Waals surface area (Å²) in [6, 6.07) is 15.2. The van der Waals surface area contributed by atoms with Gasteiger partial charge in [0.05, 0.1) is 22.0 Å². The number of nitrogens with one attached hydrogen (secondary N) is 2. The molecule has 0 saturated carbocycles. The lowest BCUT2D eigenvalue weighted by atomic mass is 9.88. The van der Waals surface area contributed by atoms with Gasteiger partial charge in [-0.1, -0.05) is 18.2 Å². The Morgan fingerprint density at radius 2 is 1.79 bits per heavy atom. The third-order valence-electron chi connectivity index (χ3n) is 7.95. The van der Waals surface area contributed by atoms with Crippen molar-refractivity contribution in [2.75, 3.05) is 39.9 Å². The van der Waals surface area contributed by atoms with Crippen molar-refractivity contribution >= 4 is 20.0 Å². The maximum absolute atomic E-state index is 13.5. The van der Waals surface area contributed by atoms with Gasteiger partial charge in [-0.25, -0.2) is 21.6 Å². The Labute approximate surface area is 247 Å². The van der Waals surface area contributed by atoms with E-state index in [-0.39, 0.29) is 24.1 Å². The number of hydrogen-bond donors (Lipinski definition) is 3. The Balaban J connectivity index is 1.10. The zero-order valence-electron chi connectivity index (χ0n) is 23.8. The fourth-order valence-corrected chi connectivity index (χ4v) is 7.77. The SMILES string of the molecule is CNS(=O)(=O)c1cccc(OC[C@@H](O)CNC2COC3(CCN(S(=O)(=O)c4cccc(-c5ccn(C)c5)c4)CC3)C2)c1. The first kappa shape index (κ1) is 30.7. The summed E-state index contributed by atoms with van der Waals surface area (Å²) in [6.45, 7) is 1.50. The van der Waals surface area contributed by atoms with Gasteiger partial charge in [0.15, 0.2) is 0 Å². The number of aliphatic hydroxyl groups is 1. The number of sulfonamides is 2. The van der Waals surface area contributed by atoms with Crippen LogP contribution >= 0.6 is 0 Å². The van der Waals surface area contributed by atoms with Crippen molar-refractivity contribution in [1.29, 1.82) is 0 Å². The van der Waals surface area contributed by atoms with Crippen LogP contribution in [0.4, 0.5) is 0 Å². The predicted molar refractivity (Wildman–Crippen MR) is 158 cm³/mol. The molecule has 2 aliphatic heterocycles. The lowest BCUT2D eigenvalue weighted by Gasteiger charge is -2.38. The highest BCUT2D eigenvalue weighted by molar-refractivity contribution is 7.89. The van der Waals surface area contributed by atoms with E-state index in [0.717, 1.165) is 17.5 Å². The molecule has 0 aliphatic carbocycles. The third kappa shape index (κ3) is 6.88. The fourth-order valence-electron chi connectivity index (χ4n) is 5.52. The van der Waals surface area contributed by atoms with Crippen LogP contribution in [0.3, 0.4) is 0 Å². The van der Waals surface area contributed by atoms with Crippen LogP contribution in [0.1, 0.15) is 19.3 Å². The molecule has 2 aromatic carbocycles. The van der Waals surface area contributed by atoms with E-state index in [1.807, 2.05) is 36.1 Å². The van der Waals surface area contributed by atoms with Crippen LogP contribution in [0, 0.1) is 0 Å². The Morgan fingerprint density at radius 3 is 2.50 bits per heavy atom. The summed E-state index contributed by atoms with van der Waals surface area (Å²) in [5.41, 5.74) is 1.44. The number of aryl methyl sites for hydroxylation is 1. The summed E-state index contributed by atoms with van der Waals surface area (Å²) in [6.07, 6.45) is 5.00. The lowest BCUT2D eigenvalue weighted by Crippen LogP contribution is -2.47. The van der Waals surface area contributed by atoms with Crippen molar-refractivity contribution in [3.8, 4) is 16.9 Å². The average Bonchev–Trinajstić information content (AvgIpc) is 3.61. The molecule has 2 fully saturated rings. The second kappa shape index (κ2) is 12.4. The molecule has 3 aromatic rings. The first-order chi connectivity index (χ1) is 20.0. The van der Waals surface area contributed by atoms with Crippen LogP contribution in [-0.2, 0) is 31.8 Å². The summed E-state index contributed by atoms with van der Waals surface area (Å²) in [5, 5.41) is 13.8. The number of aliphatic hydroxyl groups excluding tert-OH is 1. The molecule has 2 aliphatic rings. The molecule has 0 radical (unpaired) electrons. The zero-order chi connectivity index (χ0) is 30.0. The number of rotatable bonds is 11. The molecule has 11 nitrogen and oxygen atoms in total. The van der Waals surface area contributed by atoms with Crippen molar-refractivity contribution in [3.05, 3.63) is 67.0 Å². The van der Waals surface area contributed by atoms with Gasteiger partial charge in [0.1, 0.15) is 18.5 Å². The summed E-state index contributed by atoms with van der Waals surface area (Å²) < 4.78 is 68.5. The number of hydrogen-bond acceptors (Lipinski definition) is 8. The molecule has 0 amide bonds. The number of piperidine rings is 1. The van der Waals surface area contributed by atoms with Crippen molar-refractivity contribution < 1.29 is 31.4 Å². The van der Waals surface area contributed by atoms with E-state index in [0.29, 0.717) is 43.2 Å². The van der Waals surface area contributed by atoms with Gasteiger partial charge in [-0.2, -0.15) is 4.31 Å². The van der Waals surface area contributed by atoms with Crippen LogP contribution < -0.4 is 14.8 Å².